The Morgan fingerprint density at radius 3 is 2.56 bits per heavy atom. The Bertz CT molecular complexity index is 875. The van der Waals surface area contributed by atoms with Gasteiger partial charge < -0.3 is 4.90 Å². The molecule has 0 spiro atoms. The van der Waals surface area contributed by atoms with Gasteiger partial charge in [-0.1, -0.05) is 18.7 Å². The molecule has 1 aliphatic rings. The van der Waals surface area contributed by atoms with Gasteiger partial charge in [0.05, 0.1) is 22.8 Å². The number of hydrogen-bond donors (Lipinski definition) is 0. The van der Waals surface area contributed by atoms with Crippen molar-refractivity contribution in [2.45, 2.75) is 64.6 Å². The zero-order valence-electron chi connectivity index (χ0n) is 16.6. The van der Waals surface area contributed by atoms with Gasteiger partial charge in [0.2, 0.25) is 5.91 Å². The maximum Gasteiger partial charge on any atom is 0.233 e. The van der Waals surface area contributed by atoms with Crippen molar-refractivity contribution in [3.05, 3.63) is 22.4 Å². The molecule has 8 heteroatoms. The third-order valence-corrected chi connectivity index (χ3v) is 8.07. The van der Waals surface area contributed by atoms with Crippen molar-refractivity contribution >= 4 is 27.5 Å². The number of carbonyl (C=O) groups excluding carboxylic acids is 1. The highest BCUT2D eigenvalue weighted by molar-refractivity contribution is 8.00. The van der Waals surface area contributed by atoms with E-state index in [0.717, 1.165) is 23.2 Å². The molecule has 0 N–H and O–H groups in total. The van der Waals surface area contributed by atoms with Crippen LogP contribution in [0.3, 0.4) is 0 Å². The summed E-state index contributed by atoms with van der Waals surface area (Å²) in [6.07, 6.45) is 1.25. The number of carbonyl (C=O) groups is 1. The first kappa shape index (κ1) is 21.7. The third-order valence-electron chi connectivity index (χ3n) is 5.36. The Morgan fingerprint density at radius 2 is 2.04 bits per heavy atom. The molecular weight excluding hydrogens is 382 g/mol. The molecule has 1 aromatic heterocycles. The highest BCUT2D eigenvalue weighted by atomic mass is 32.2. The van der Waals surface area contributed by atoms with Crippen LogP contribution in [0.1, 0.15) is 49.1 Å². The van der Waals surface area contributed by atoms with Crippen LogP contribution in [0, 0.1) is 32.1 Å². The van der Waals surface area contributed by atoms with Gasteiger partial charge in [0.15, 0.2) is 9.84 Å². The van der Waals surface area contributed by atoms with Gasteiger partial charge in [-0.15, -0.1) is 0 Å². The minimum Gasteiger partial charge on any atom is -0.335 e. The maximum atomic E-state index is 13.0. The fourth-order valence-corrected chi connectivity index (χ4v) is 6.02. The number of thioether (sulfide) groups is 1. The first-order valence-electron chi connectivity index (χ1n) is 9.13. The second-order valence-corrected chi connectivity index (χ2v) is 10.3. The van der Waals surface area contributed by atoms with E-state index < -0.39 is 9.84 Å². The molecule has 0 unspecified atom stereocenters. The van der Waals surface area contributed by atoms with E-state index in [-0.39, 0.29) is 35.2 Å². The average molecular weight is 410 g/mol. The molecule has 2 rings (SSSR count). The Balaban J connectivity index is 2.21. The highest BCUT2D eigenvalue weighted by Gasteiger charge is 2.36. The SMILES string of the molecule is CC[C@@H](C)N(C(=O)CSc1nc(C)c(C)c(C)c1C#N)[C@@H]1CCS(=O)(=O)C1. The molecule has 1 amide bonds. The molecule has 0 aliphatic carbocycles. The van der Waals surface area contributed by atoms with E-state index in [4.69, 9.17) is 0 Å². The third kappa shape index (κ3) is 4.82. The van der Waals surface area contributed by atoms with Crippen molar-refractivity contribution in [2.75, 3.05) is 17.3 Å². The van der Waals surface area contributed by atoms with E-state index in [0.29, 0.717) is 17.0 Å². The maximum absolute atomic E-state index is 13.0. The summed E-state index contributed by atoms with van der Waals surface area (Å²) in [5.74, 6) is 0.225. The summed E-state index contributed by atoms with van der Waals surface area (Å²) in [5, 5.41) is 10.0. The zero-order chi connectivity index (χ0) is 20.4. The van der Waals surface area contributed by atoms with Crippen molar-refractivity contribution in [3.63, 3.8) is 0 Å². The van der Waals surface area contributed by atoms with Gasteiger partial charge in [-0.05, 0) is 51.7 Å². The summed E-state index contributed by atoms with van der Waals surface area (Å²) >= 11 is 1.26. The lowest BCUT2D eigenvalue weighted by atomic mass is 10.1. The average Bonchev–Trinajstić information content (AvgIpc) is 2.97. The largest absolute Gasteiger partial charge is 0.335 e. The van der Waals surface area contributed by atoms with Crippen molar-refractivity contribution in [3.8, 4) is 6.07 Å². The summed E-state index contributed by atoms with van der Waals surface area (Å²) < 4.78 is 23.7. The molecular formula is C19H27N3O3S2. The van der Waals surface area contributed by atoms with E-state index >= 15 is 0 Å². The number of pyridine rings is 1. The van der Waals surface area contributed by atoms with Crippen molar-refractivity contribution < 1.29 is 13.2 Å². The number of aryl methyl sites for hydroxylation is 1. The molecule has 0 saturated carbocycles. The van der Waals surface area contributed by atoms with E-state index in [1.54, 1.807) is 4.90 Å². The molecule has 27 heavy (non-hydrogen) atoms. The molecule has 2 heterocycles. The Hall–Kier alpha value is -1.59. The van der Waals surface area contributed by atoms with Crippen LogP contribution in [-0.4, -0.2) is 53.6 Å². The van der Waals surface area contributed by atoms with Crippen molar-refractivity contribution in [2.24, 2.45) is 0 Å². The summed E-state index contributed by atoms with van der Waals surface area (Å²) in [5.41, 5.74) is 3.23. The van der Waals surface area contributed by atoms with E-state index in [2.05, 4.69) is 11.1 Å². The Kier molecular flexibility index (Phi) is 6.92. The van der Waals surface area contributed by atoms with Gasteiger partial charge in [0.1, 0.15) is 11.1 Å². The number of amides is 1. The smallest absolute Gasteiger partial charge is 0.233 e. The van der Waals surface area contributed by atoms with Crippen LogP contribution in [-0.2, 0) is 14.6 Å². The zero-order valence-corrected chi connectivity index (χ0v) is 18.2. The number of nitriles is 1. The standard InChI is InChI=1S/C19H27N3O3S2/c1-6-12(2)22(16-7-8-27(24,25)11-16)18(23)10-26-19-17(9-20)14(4)13(3)15(5)21-19/h12,16H,6-8,10-11H2,1-5H3/t12-,16-/m1/s1. The summed E-state index contributed by atoms with van der Waals surface area (Å²) in [4.78, 5) is 19.2. The fraction of sp³-hybridized carbons (Fsp3) is 0.632. The van der Waals surface area contributed by atoms with Crippen molar-refractivity contribution in [1.29, 1.82) is 5.26 Å². The number of rotatable bonds is 6. The molecule has 1 aliphatic heterocycles. The molecule has 2 atom stereocenters. The lowest BCUT2D eigenvalue weighted by Crippen LogP contribution is -2.47. The number of nitrogens with zero attached hydrogens (tertiary/aromatic N) is 3. The Morgan fingerprint density at radius 1 is 1.37 bits per heavy atom. The van der Waals surface area contributed by atoms with Gasteiger partial charge in [-0.2, -0.15) is 5.26 Å². The molecule has 1 fully saturated rings. The van der Waals surface area contributed by atoms with Gasteiger partial charge in [0.25, 0.3) is 0 Å². The van der Waals surface area contributed by atoms with E-state index in [9.17, 15) is 18.5 Å². The monoisotopic (exact) mass is 409 g/mol. The van der Waals surface area contributed by atoms with Crippen molar-refractivity contribution in [1.82, 2.24) is 9.88 Å². The molecule has 148 valence electrons. The lowest BCUT2D eigenvalue weighted by molar-refractivity contribution is -0.132. The van der Waals surface area contributed by atoms with Gasteiger partial charge in [-0.3, -0.25) is 4.79 Å². The molecule has 0 radical (unpaired) electrons. The Labute approximate surface area is 166 Å². The fourth-order valence-electron chi connectivity index (χ4n) is 3.35. The quantitative estimate of drug-likeness (QED) is 0.671. The normalized spacial score (nSPS) is 19.5. The number of hydrogen-bond acceptors (Lipinski definition) is 6. The molecule has 1 aromatic rings. The highest BCUT2D eigenvalue weighted by Crippen LogP contribution is 2.28. The van der Waals surface area contributed by atoms with Crippen LogP contribution in [0.2, 0.25) is 0 Å². The summed E-state index contributed by atoms with van der Waals surface area (Å²) in [6.45, 7) is 9.66. The molecule has 0 bridgehead atoms. The van der Waals surface area contributed by atoms with Crippen LogP contribution < -0.4 is 0 Å². The van der Waals surface area contributed by atoms with Crippen LogP contribution in [0.25, 0.3) is 0 Å². The number of aromatic nitrogens is 1. The first-order valence-corrected chi connectivity index (χ1v) is 11.9. The minimum absolute atomic E-state index is 0.0266. The topological polar surface area (TPSA) is 91.1 Å². The van der Waals surface area contributed by atoms with Crippen LogP contribution in [0.4, 0.5) is 0 Å². The minimum atomic E-state index is -3.07. The predicted molar refractivity (Wildman–Crippen MR) is 108 cm³/mol. The second kappa shape index (κ2) is 8.61. The second-order valence-electron chi connectivity index (χ2n) is 7.14. The van der Waals surface area contributed by atoms with Gasteiger partial charge in [-0.25, -0.2) is 13.4 Å². The van der Waals surface area contributed by atoms with E-state index in [1.807, 2.05) is 34.6 Å². The number of sulfone groups is 1. The summed E-state index contributed by atoms with van der Waals surface area (Å²) in [6, 6.07) is 1.91. The summed E-state index contributed by atoms with van der Waals surface area (Å²) in [7, 11) is -3.07. The van der Waals surface area contributed by atoms with Crippen LogP contribution >= 0.6 is 11.8 Å². The van der Waals surface area contributed by atoms with Crippen LogP contribution in [0.15, 0.2) is 5.03 Å². The molecule has 1 saturated heterocycles. The first-order chi connectivity index (χ1) is 12.6. The predicted octanol–water partition coefficient (Wildman–Crippen LogP) is 2.78. The van der Waals surface area contributed by atoms with Crippen LogP contribution in [0.5, 0.6) is 0 Å². The lowest BCUT2D eigenvalue weighted by Gasteiger charge is -2.33. The van der Waals surface area contributed by atoms with Gasteiger partial charge >= 0.3 is 0 Å². The van der Waals surface area contributed by atoms with Gasteiger partial charge in [0, 0.05) is 17.8 Å². The molecule has 0 aromatic carbocycles. The molecule has 6 nitrogen and oxygen atoms in total. The van der Waals surface area contributed by atoms with E-state index in [1.165, 1.54) is 11.8 Å².